The topological polar surface area (TPSA) is 30.9 Å². The second kappa shape index (κ2) is 10.5. The summed E-state index contributed by atoms with van der Waals surface area (Å²) in [6, 6.07) is 7.80. The van der Waals surface area contributed by atoms with Crippen molar-refractivity contribution in [3.05, 3.63) is 24.3 Å². The lowest BCUT2D eigenvalue weighted by Crippen LogP contribution is -2.33. The van der Waals surface area contributed by atoms with E-state index in [4.69, 9.17) is 14.2 Å². The van der Waals surface area contributed by atoms with Crippen molar-refractivity contribution in [1.29, 1.82) is 0 Å². The quantitative estimate of drug-likeness (QED) is 0.581. The molecule has 1 aliphatic rings. The Hall–Kier alpha value is -1.26. The second-order valence-corrected chi connectivity index (χ2v) is 6.01. The smallest absolute Gasteiger partial charge is 0.161 e. The summed E-state index contributed by atoms with van der Waals surface area (Å²) in [5.41, 5.74) is 0. The number of ether oxygens (including phenoxy) is 3. The number of fused-ring (bicyclic) bond motifs is 1. The summed E-state index contributed by atoms with van der Waals surface area (Å²) in [4.78, 5) is 2.48. The monoisotopic (exact) mass is 321 g/mol. The third-order valence-corrected chi connectivity index (χ3v) is 4.28. The minimum absolute atomic E-state index is 0.00701. The Bertz CT molecular complexity index is 434. The molecule has 1 aliphatic heterocycles. The number of unbranched alkanes of at least 4 members (excludes halogenated alkanes) is 3. The molecule has 23 heavy (non-hydrogen) atoms. The molecule has 4 nitrogen and oxygen atoms in total. The van der Waals surface area contributed by atoms with E-state index in [0.29, 0.717) is 13.2 Å². The standard InChI is InChI=1S/C19H31NO3/c1-3-20(4-2)13-9-5-6-10-14-21-15-17-16-22-18-11-7-8-12-19(18)23-17/h7-8,11-12,17H,3-6,9-10,13-16H2,1-2H3. The molecule has 0 bridgehead atoms. The lowest BCUT2D eigenvalue weighted by atomic mass is 10.2. The molecule has 130 valence electrons. The molecule has 0 saturated carbocycles. The van der Waals surface area contributed by atoms with E-state index in [0.717, 1.165) is 37.6 Å². The molecule has 2 rings (SSSR count). The van der Waals surface area contributed by atoms with Crippen LogP contribution in [0.4, 0.5) is 0 Å². The number of rotatable bonds is 11. The van der Waals surface area contributed by atoms with Gasteiger partial charge in [-0.1, -0.05) is 38.8 Å². The molecule has 1 heterocycles. The Morgan fingerprint density at radius 3 is 2.57 bits per heavy atom. The van der Waals surface area contributed by atoms with Crippen LogP contribution in [0.15, 0.2) is 24.3 Å². The molecule has 0 saturated heterocycles. The van der Waals surface area contributed by atoms with Gasteiger partial charge in [0.2, 0.25) is 0 Å². The first kappa shape index (κ1) is 18.1. The molecule has 0 aliphatic carbocycles. The van der Waals surface area contributed by atoms with Crippen molar-refractivity contribution in [2.45, 2.75) is 45.6 Å². The van der Waals surface area contributed by atoms with Crippen molar-refractivity contribution in [1.82, 2.24) is 4.90 Å². The van der Waals surface area contributed by atoms with Gasteiger partial charge in [0, 0.05) is 6.61 Å². The minimum Gasteiger partial charge on any atom is -0.486 e. The highest BCUT2D eigenvalue weighted by Gasteiger charge is 2.20. The maximum absolute atomic E-state index is 5.87. The zero-order chi connectivity index (χ0) is 16.3. The molecule has 0 aromatic heterocycles. The van der Waals surface area contributed by atoms with E-state index in [1.165, 1.54) is 25.8 Å². The van der Waals surface area contributed by atoms with Crippen molar-refractivity contribution in [3.8, 4) is 11.5 Å². The highest BCUT2D eigenvalue weighted by Crippen LogP contribution is 2.30. The summed E-state index contributed by atoms with van der Waals surface area (Å²) >= 11 is 0. The molecule has 1 unspecified atom stereocenters. The second-order valence-electron chi connectivity index (χ2n) is 6.01. The number of benzene rings is 1. The molecule has 1 atom stereocenters. The lowest BCUT2D eigenvalue weighted by molar-refractivity contribution is 0.00777. The SMILES string of the molecule is CCN(CC)CCCCCCOCC1COc2ccccc2O1. The van der Waals surface area contributed by atoms with Crippen molar-refractivity contribution in [2.75, 3.05) is 39.5 Å². The van der Waals surface area contributed by atoms with Crippen LogP contribution in [0.5, 0.6) is 11.5 Å². The Balaban J connectivity index is 1.47. The minimum atomic E-state index is 0.00701. The summed E-state index contributed by atoms with van der Waals surface area (Å²) in [6.07, 6.45) is 4.95. The highest BCUT2D eigenvalue weighted by molar-refractivity contribution is 5.40. The molecule has 0 fully saturated rings. The first-order valence-corrected chi connectivity index (χ1v) is 9.02. The Labute approximate surface area is 140 Å². The van der Waals surface area contributed by atoms with Gasteiger partial charge in [0.1, 0.15) is 6.61 Å². The van der Waals surface area contributed by atoms with Crippen LogP contribution < -0.4 is 9.47 Å². The van der Waals surface area contributed by atoms with Gasteiger partial charge in [-0.15, -0.1) is 0 Å². The number of hydrogen-bond donors (Lipinski definition) is 0. The van der Waals surface area contributed by atoms with Crippen molar-refractivity contribution < 1.29 is 14.2 Å². The summed E-state index contributed by atoms with van der Waals surface area (Å²) in [6.45, 7) is 9.99. The maximum Gasteiger partial charge on any atom is 0.161 e. The van der Waals surface area contributed by atoms with Crippen LogP contribution >= 0.6 is 0 Å². The molecule has 4 heteroatoms. The summed E-state index contributed by atoms with van der Waals surface area (Å²) in [5, 5.41) is 0. The van der Waals surface area contributed by atoms with Gasteiger partial charge < -0.3 is 19.1 Å². The third-order valence-electron chi connectivity index (χ3n) is 4.28. The van der Waals surface area contributed by atoms with Gasteiger partial charge in [-0.05, 0) is 44.6 Å². The fraction of sp³-hybridized carbons (Fsp3) is 0.684. The number of hydrogen-bond acceptors (Lipinski definition) is 4. The van der Waals surface area contributed by atoms with E-state index in [1.807, 2.05) is 24.3 Å². The van der Waals surface area contributed by atoms with Gasteiger partial charge in [0.05, 0.1) is 6.61 Å². The van der Waals surface area contributed by atoms with E-state index < -0.39 is 0 Å². The number of para-hydroxylation sites is 2. The van der Waals surface area contributed by atoms with Crippen LogP contribution in [-0.4, -0.2) is 50.5 Å². The fourth-order valence-electron chi connectivity index (χ4n) is 2.79. The molecule has 0 amide bonds. The van der Waals surface area contributed by atoms with Gasteiger partial charge in [-0.25, -0.2) is 0 Å². The van der Waals surface area contributed by atoms with E-state index in [-0.39, 0.29) is 6.10 Å². The maximum atomic E-state index is 5.87. The molecule has 1 aromatic rings. The zero-order valence-corrected chi connectivity index (χ0v) is 14.6. The predicted molar refractivity (Wildman–Crippen MR) is 93.4 cm³/mol. The predicted octanol–water partition coefficient (Wildman–Crippen LogP) is 3.75. The van der Waals surface area contributed by atoms with Crippen LogP contribution in [-0.2, 0) is 4.74 Å². The molecule has 0 radical (unpaired) electrons. The zero-order valence-electron chi connectivity index (χ0n) is 14.6. The summed E-state index contributed by atoms with van der Waals surface area (Å²) < 4.78 is 17.3. The van der Waals surface area contributed by atoms with Crippen LogP contribution in [0.1, 0.15) is 39.5 Å². The Morgan fingerprint density at radius 1 is 1.04 bits per heavy atom. The fourth-order valence-corrected chi connectivity index (χ4v) is 2.79. The molecular weight excluding hydrogens is 290 g/mol. The van der Waals surface area contributed by atoms with Gasteiger partial charge in [-0.2, -0.15) is 0 Å². The van der Waals surface area contributed by atoms with Gasteiger partial charge in [-0.3, -0.25) is 0 Å². The third kappa shape index (κ3) is 6.40. The van der Waals surface area contributed by atoms with E-state index in [2.05, 4.69) is 18.7 Å². The van der Waals surface area contributed by atoms with E-state index >= 15 is 0 Å². The average Bonchev–Trinajstić information content (AvgIpc) is 2.60. The Morgan fingerprint density at radius 2 is 1.78 bits per heavy atom. The Kier molecular flexibility index (Phi) is 8.26. The first-order valence-electron chi connectivity index (χ1n) is 9.02. The van der Waals surface area contributed by atoms with Crippen LogP contribution in [0, 0.1) is 0 Å². The summed E-state index contributed by atoms with van der Waals surface area (Å²) in [5.74, 6) is 1.65. The van der Waals surface area contributed by atoms with Crippen LogP contribution in [0.25, 0.3) is 0 Å². The highest BCUT2D eigenvalue weighted by atomic mass is 16.6. The molecule has 0 N–H and O–H groups in total. The molecule has 1 aromatic carbocycles. The molecular formula is C19H31NO3. The van der Waals surface area contributed by atoms with Gasteiger partial charge in [0.15, 0.2) is 17.6 Å². The van der Waals surface area contributed by atoms with Crippen molar-refractivity contribution in [2.24, 2.45) is 0 Å². The van der Waals surface area contributed by atoms with Crippen molar-refractivity contribution in [3.63, 3.8) is 0 Å². The van der Waals surface area contributed by atoms with Crippen LogP contribution in [0.2, 0.25) is 0 Å². The van der Waals surface area contributed by atoms with Crippen LogP contribution in [0.3, 0.4) is 0 Å². The van der Waals surface area contributed by atoms with Gasteiger partial charge in [0.25, 0.3) is 0 Å². The average molecular weight is 321 g/mol. The van der Waals surface area contributed by atoms with E-state index in [1.54, 1.807) is 0 Å². The van der Waals surface area contributed by atoms with Crippen molar-refractivity contribution >= 4 is 0 Å². The largest absolute Gasteiger partial charge is 0.486 e. The normalized spacial score (nSPS) is 16.7. The summed E-state index contributed by atoms with van der Waals surface area (Å²) in [7, 11) is 0. The number of nitrogens with zero attached hydrogens (tertiary/aromatic N) is 1. The molecule has 0 spiro atoms. The van der Waals surface area contributed by atoms with Gasteiger partial charge >= 0.3 is 0 Å². The van der Waals surface area contributed by atoms with E-state index in [9.17, 15) is 0 Å². The first-order chi connectivity index (χ1) is 11.3. The lowest BCUT2D eigenvalue weighted by Gasteiger charge is -2.26.